The summed E-state index contributed by atoms with van der Waals surface area (Å²) < 4.78 is 13.3. The molecule has 0 radical (unpaired) electrons. The van der Waals surface area contributed by atoms with Crippen LogP contribution in [0.3, 0.4) is 0 Å². The Hall–Kier alpha value is -1.42. The summed E-state index contributed by atoms with van der Waals surface area (Å²) in [7, 11) is 1.69. The second-order valence-corrected chi connectivity index (χ2v) is 3.77. The molecule has 1 unspecified atom stereocenters. The Labute approximate surface area is 94.5 Å². The number of rotatable bonds is 5. The lowest BCUT2D eigenvalue weighted by atomic mass is 10.1. The number of aliphatic carboxylic acids is 1. The van der Waals surface area contributed by atoms with Gasteiger partial charge >= 0.3 is 5.97 Å². The number of benzene rings is 1. The minimum absolute atomic E-state index is 0.297. The molecule has 0 fully saturated rings. The van der Waals surface area contributed by atoms with Gasteiger partial charge in [0.05, 0.1) is 0 Å². The molecule has 0 aromatic heterocycles. The fraction of sp³-hybridized carbons (Fsp3) is 0.417. The van der Waals surface area contributed by atoms with E-state index in [1.165, 1.54) is 6.07 Å². The number of carboxylic acid groups (broad SMARTS) is 1. The summed E-state index contributed by atoms with van der Waals surface area (Å²) in [5.74, 6) is -1.17. The maximum atomic E-state index is 13.3. The molecule has 1 atom stereocenters. The Morgan fingerprint density at radius 1 is 1.50 bits per heavy atom. The van der Waals surface area contributed by atoms with E-state index in [1.807, 2.05) is 0 Å². The van der Waals surface area contributed by atoms with E-state index in [9.17, 15) is 9.18 Å². The van der Waals surface area contributed by atoms with Gasteiger partial charge in [0.25, 0.3) is 0 Å². The fourth-order valence-electron chi connectivity index (χ4n) is 1.68. The summed E-state index contributed by atoms with van der Waals surface area (Å²) in [5.41, 5.74) is 0.518. The van der Waals surface area contributed by atoms with Gasteiger partial charge in [0.2, 0.25) is 0 Å². The molecule has 16 heavy (non-hydrogen) atoms. The zero-order valence-corrected chi connectivity index (χ0v) is 9.48. The zero-order chi connectivity index (χ0) is 12.1. The van der Waals surface area contributed by atoms with Crippen LogP contribution in [0.25, 0.3) is 0 Å². The van der Waals surface area contributed by atoms with Crippen LogP contribution in [0.1, 0.15) is 18.9 Å². The molecule has 0 spiro atoms. The van der Waals surface area contributed by atoms with Gasteiger partial charge in [-0.2, -0.15) is 0 Å². The highest BCUT2D eigenvalue weighted by molar-refractivity contribution is 5.73. The SMILES string of the molecule is CCC(C(=O)O)N(C)Cc1ccccc1F. The molecular weight excluding hydrogens is 209 g/mol. The van der Waals surface area contributed by atoms with Gasteiger partial charge in [0, 0.05) is 12.1 Å². The molecule has 0 amide bonds. The molecule has 0 aliphatic rings. The van der Waals surface area contributed by atoms with E-state index in [2.05, 4.69) is 0 Å². The third kappa shape index (κ3) is 3.03. The summed E-state index contributed by atoms with van der Waals surface area (Å²) in [4.78, 5) is 12.6. The first-order valence-corrected chi connectivity index (χ1v) is 5.22. The zero-order valence-electron chi connectivity index (χ0n) is 9.48. The molecule has 0 bridgehead atoms. The Bertz CT molecular complexity index is 368. The molecule has 0 aliphatic heterocycles. The first-order chi connectivity index (χ1) is 7.56. The van der Waals surface area contributed by atoms with E-state index in [-0.39, 0.29) is 5.82 Å². The van der Waals surface area contributed by atoms with E-state index >= 15 is 0 Å². The van der Waals surface area contributed by atoms with E-state index < -0.39 is 12.0 Å². The van der Waals surface area contributed by atoms with Crippen LogP contribution in [-0.4, -0.2) is 29.1 Å². The molecule has 88 valence electrons. The molecule has 1 rings (SSSR count). The summed E-state index contributed by atoms with van der Waals surface area (Å²) in [6.07, 6.45) is 0.500. The van der Waals surface area contributed by atoms with Crippen molar-refractivity contribution in [1.82, 2.24) is 4.90 Å². The normalized spacial score (nSPS) is 12.8. The highest BCUT2D eigenvalue weighted by atomic mass is 19.1. The van der Waals surface area contributed by atoms with Crippen molar-refractivity contribution in [3.8, 4) is 0 Å². The lowest BCUT2D eigenvalue weighted by Gasteiger charge is -2.23. The molecule has 0 saturated heterocycles. The Kier molecular flexibility index (Phi) is 4.43. The molecule has 0 saturated carbocycles. The predicted molar refractivity (Wildman–Crippen MR) is 59.6 cm³/mol. The average Bonchev–Trinajstić information content (AvgIpc) is 2.22. The fourth-order valence-corrected chi connectivity index (χ4v) is 1.68. The molecule has 1 aromatic rings. The Morgan fingerprint density at radius 2 is 2.12 bits per heavy atom. The molecule has 0 heterocycles. The second-order valence-electron chi connectivity index (χ2n) is 3.77. The van der Waals surface area contributed by atoms with Gasteiger partial charge in [-0.3, -0.25) is 9.69 Å². The van der Waals surface area contributed by atoms with Gasteiger partial charge in [0.15, 0.2) is 0 Å². The van der Waals surface area contributed by atoms with Crippen molar-refractivity contribution in [2.45, 2.75) is 25.9 Å². The standard InChI is InChI=1S/C12H16FNO2/c1-3-11(12(15)16)14(2)8-9-6-4-5-7-10(9)13/h4-7,11H,3,8H2,1-2H3,(H,15,16). The molecule has 1 aromatic carbocycles. The van der Waals surface area contributed by atoms with Crippen molar-refractivity contribution in [1.29, 1.82) is 0 Å². The summed E-state index contributed by atoms with van der Waals surface area (Å²) in [6, 6.07) is 5.84. The summed E-state index contributed by atoms with van der Waals surface area (Å²) >= 11 is 0. The lowest BCUT2D eigenvalue weighted by molar-refractivity contribution is -0.143. The monoisotopic (exact) mass is 225 g/mol. The van der Waals surface area contributed by atoms with Crippen LogP contribution in [0, 0.1) is 5.82 Å². The van der Waals surface area contributed by atoms with E-state index in [0.29, 0.717) is 18.5 Å². The average molecular weight is 225 g/mol. The smallest absolute Gasteiger partial charge is 0.320 e. The van der Waals surface area contributed by atoms with Gasteiger partial charge in [0.1, 0.15) is 11.9 Å². The van der Waals surface area contributed by atoms with E-state index in [1.54, 1.807) is 37.1 Å². The quantitative estimate of drug-likeness (QED) is 0.834. The second kappa shape index (κ2) is 5.61. The minimum atomic E-state index is -0.874. The van der Waals surface area contributed by atoms with E-state index in [0.717, 1.165) is 0 Å². The van der Waals surface area contributed by atoms with Crippen LogP contribution in [0.4, 0.5) is 4.39 Å². The summed E-state index contributed by atoms with van der Waals surface area (Å²) in [6.45, 7) is 2.11. The molecular formula is C12H16FNO2. The van der Waals surface area contributed by atoms with Crippen LogP contribution in [0.5, 0.6) is 0 Å². The maximum Gasteiger partial charge on any atom is 0.320 e. The largest absolute Gasteiger partial charge is 0.480 e. The lowest BCUT2D eigenvalue weighted by Crippen LogP contribution is -2.37. The van der Waals surface area contributed by atoms with Crippen molar-refractivity contribution in [2.24, 2.45) is 0 Å². The summed E-state index contributed by atoms with van der Waals surface area (Å²) in [5, 5.41) is 8.96. The number of hydrogen-bond acceptors (Lipinski definition) is 2. The highest BCUT2D eigenvalue weighted by Gasteiger charge is 2.20. The molecule has 1 N–H and O–H groups in total. The van der Waals surface area contributed by atoms with Gasteiger partial charge in [-0.15, -0.1) is 0 Å². The van der Waals surface area contributed by atoms with Crippen LogP contribution in [0.2, 0.25) is 0 Å². The number of carbonyl (C=O) groups is 1. The number of carboxylic acids is 1. The Morgan fingerprint density at radius 3 is 2.62 bits per heavy atom. The van der Waals surface area contributed by atoms with Gasteiger partial charge in [-0.05, 0) is 19.5 Å². The number of halogens is 1. The van der Waals surface area contributed by atoms with Gasteiger partial charge < -0.3 is 5.11 Å². The van der Waals surface area contributed by atoms with Gasteiger partial charge in [-0.1, -0.05) is 25.1 Å². The topological polar surface area (TPSA) is 40.5 Å². The van der Waals surface area contributed by atoms with Crippen LogP contribution in [-0.2, 0) is 11.3 Å². The number of nitrogens with zero attached hydrogens (tertiary/aromatic N) is 1. The molecule has 3 nitrogen and oxygen atoms in total. The molecule has 0 aliphatic carbocycles. The Balaban J connectivity index is 2.74. The number of hydrogen-bond donors (Lipinski definition) is 1. The predicted octanol–water partition coefficient (Wildman–Crippen LogP) is 2.12. The van der Waals surface area contributed by atoms with Crippen LogP contribution in [0.15, 0.2) is 24.3 Å². The first-order valence-electron chi connectivity index (χ1n) is 5.22. The number of likely N-dealkylation sites (N-methyl/N-ethyl adjacent to an activating group) is 1. The first kappa shape index (κ1) is 12.6. The molecule has 4 heteroatoms. The highest BCUT2D eigenvalue weighted by Crippen LogP contribution is 2.12. The van der Waals surface area contributed by atoms with Crippen molar-refractivity contribution < 1.29 is 14.3 Å². The van der Waals surface area contributed by atoms with Crippen LogP contribution < -0.4 is 0 Å². The van der Waals surface area contributed by atoms with Gasteiger partial charge in [-0.25, -0.2) is 4.39 Å². The maximum absolute atomic E-state index is 13.3. The minimum Gasteiger partial charge on any atom is -0.480 e. The van der Waals surface area contributed by atoms with Crippen LogP contribution >= 0.6 is 0 Å². The van der Waals surface area contributed by atoms with Crippen molar-refractivity contribution in [3.63, 3.8) is 0 Å². The van der Waals surface area contributed by atoms with Crippen molar-refractivity contribution in [2.75, 3.05) is 7.05 Å². The van der Waals surface area contributed by atoms with E-state index in [4.69, 9.17) is 5.11 Å². The third-order valence-electron chi connectivity index (χ3n) is 2.58. The van der Waals surface area contributed by atoms with Crippen molar-refractivity contribution >= 4 is 5.97 Å². The third-order valence-corrected chi connectivity index (χ3v) is 2.58. The van der Waals surface area contributed by atoms with Crippen molar-refractivity contribution in [3.05, 3.63) is 35.6 Å².